The predicted octanol–water partition coefficient (Wildman–Crippen LogP) is 4.03. The first kappa shape index (κ1) is 15.8. The van der Waals surface area contributed by atoms with Gasteiger partial charge in [0.1, 0.15) is 5.60 Å². The molecule has 122 valence electrons. The van der Waals surface area contributed by atoms with E-state index in [9.17, 15) is 4.79 Å². The molecule has 1 aliphatic heterocycles. The summed E-state index contributed by atoms with van der Waals surface area (Å²) < 4.78 is 5.47. The number of likely N-dealkylation sites (tertiary alicyclic amines) is 1. The smallest absolute Gasteiger partial charge is 0.410 e. The van der Waals surface area contributed by atoms with Gasteiger partial charge < -0.3 is 9.64 Å². The van der Waals surface area contributed by atoms with Gasteiger partial charge in [-0.05, 0) is 56.5 Å². The van der Waals surface area contributed by atoms with Gasteiger partial charge >= 0.3 is 6.09 Å². The van der Waals surface area contributed by atoms with Gasteiger partial charge in [0.25, 0.3) is 0 Å². The number of fused-ring (bicyclic) bond motifs is 1. The lowest BCUT2D eigenvalue weighted by atomic mass is 9.95. The van der Waals surface area contributed by atoms with E-state index < -0.39 is 5.60 Å². The van der Waals surface area contributed by atoms with Crippen molar-refractivity contribution in [1.29, 1.82) is 0 Å². The molecule has 1 amide bonds. The van der Waals surface area contributed by atoms with Crippen LogP contribution in [0.1, 0.15) is 32.8 Å². The van der Waals surface area contributed by atoms with Crippen LogP contribution in [-0.4, -0.2) is 34.7 Å². The van der Waals surface area contributed by atoms with Crippen LogP contribution in [0.2, 0.25) is 0 Å². The number of benzene rings is 1. The van der Waals surface area contributed by atoms with E-state index in [4.69, 9.17) is 4.74 Å². The topological polar surface area (TPSA) is 42.4 Å². The molecule has 0 N–H and O–H groups in total. The minimum Gasteiger partial charge on any atom is -0.444 e. The van der Waals surface area contributed by atoms with Crippen LogP contribution in [-0.2, 0) is 11.2 Å². The Labute approximate surface area is 137 Å². The fourth-order valence-electron chi connectivity index (χ4n) is 3.17. The monoisotopic (exact) mass is 312 g/mol. The molecular formula is C19H24N2O2. The Balaban J connectivity index is 1.67. The molecule has 0 radical (unpaired) electrons. The maximum Gasteiger partial charge on any atom is 0.410 e. The first-order valence-corrected chi connectivity index (χ1v) is 8.22. The Bertz CT molecular complexity index is 701. The lowest BCUT2D eigenvalue weighted by Gasteiger charge is -2.24. The van der Waals surface area contributed by atoms with E-state index in [0.717, 1.165) is 25.9 Å². The third-order valence-corrected chi connectivity index (χ3v) is 4.22. The summed E-state index contributed by atoms with van der Waals surface area (Å²) in [6.45, 7) is 7.27. The van der Waals surface area contributed by atoms with Gasteiger partial charge in [0.15, 0.2) is 0 Å². The summed E-state index contributed by atoms with van der Waals surface area (Å²) in [7, 11) is 0. The zero-order valence-corrected chi connectivity index (χ0v) is 14.1. The average molecular weight is 312 g/mol. The van der Waals surface area contributed by atoms with E-state index in [1.807, 2.05) is 38.1 Å². The molecule has 1 aliphatic rings. The van der Waals surface area contributed by atoms with Crippen molar-refractivity contribution in [1.82, 2.24) is 9.88 Å². The maximum absolute atomic E-state index is 12.2. The zero-order valence-electron chi connectivity index (χ0n) is 14.1. The number of hydrogen-bond donors (Lipinski definition) is 0. The molecule has 1 aromatic carbocycles. The highest BCUT2D eigenvalue weighted by molar-refractivity contribution is 5.84. The quantitative estimate of drug-likeness (QED) is 0.840. The molecule has 4 heteroatoms. The highest BCUT2D eigenvalue weighted by Crippen LogP contribution is 2.26. The van der Waals surface area contributed by atoms with E-state index in [2.05, 4.69) is 29.2 Å². The Morgan fingerprint density at radius 1 is 1.35 bits per heavy atom. The summed E-state index contributed by atoms with van der Waals surface area (Å²) in [5, 5.41) is 2.44. The highest BCUT2D eigenvalue weighted by Gasteiger charge is 2.29. The molecule has 0 bridgehead atoms. The van der Waals surface area contributed by atoms with Crippen LogP contribution in [0.4, 0.5) is 4.79 Å². The SMILES string of the molecule is CC(C)(C)OC(=O)N1CC[C@@H](Cc2cccc3cnccc23)C1. The van der Waals surface area contributed by atoms with Gasteiger partial charge in [-0.15, -0.1) is 0 Å². The third-order valence-electron chi connectivity index (χ3n) is 4.22. The van der Waals surface area contributed by atoms with Gasteiger partial charge in [0, 0.05) is 30.9 Å². The average Bonchev–Trinajstić information content (AvgIpc) is 2.95. The molecule has 1 atom stereocenters. The second-order valence-electron chi connectivity index (χ2n) is 7.30. The van der Waals surface area contributed by atoms with Crippen molar-refractivity contribution >= 4 is 16.9 Å². The van der Waals surface area contributed by atoms with Gasteiger partial charge in [-0.2, -0.15) is 0 Å². The first-order valence-electron chi connectivity index (χ1n) is 8.22. The molecule has 2 heterocycles. The summed E-state index contributed by atoms with van der Waals surface area (Å²) in [6, 6.07) is 8.43. The van der Waals surface area contributed by atoms with Crippen molar-refractivity contribution in [2.45, 2.75) is 39.2 Å². The molecule has 0 aliphatic carbocycles. The molecule has 0 spiro atoms. The van der Waals surface area contributed by atoms with E-state index in [0.29, 0.717) is 5.92 Å². The standard InChI is InChI=1S/C19H24N2O2/c1-19(2,3)23-18(22)21-10-8-14(13-21)11-15-5-4-6-16-12-20-9-7-17(15)16/h4-7,9,12,14H,8,10-11,13H2,1-3H3/t14-/m0/s1. The number of hydrogen-bond acceptors (Lipinski definition) is 3. The van der Waals surface area contributed by atoms with Crippen molar-refractivity contribution < 1.29 is 9.53 Å². The molecule has 1 fully saturated rings. The van der Waals surface area contributed by atoms with Gasteiger partial charge in [-0.1, -0.05) is 18.2 Å². The molecule has 0 unspecified atom stereocenters. The normalized spacial score (nSPS) is 18.4. The summed E-state index contributed by atoms with van der Waals surface area (Å²) in [5.74, 6) is 0.487. The number of pyridine rings is 1. The highest BCUT2D eigenvalue weighted by atomic mass is 16.6. The largest absolute Gasteiger partial charge is 0.444 e. The molecule has 0 saturated carbocycles. The number of carbonyl (C=O) groups is 1. The van der Waals surface area contributed by atoms with Crippen LogP contribution in [0.3, 0.4) is 0 Å². The van der Waals surface area contributed by atoms with Crippen LogP contribution in [0.15, 0.2) is 36.7 Å². The summed E-state index contributed by atoms with van der Waals surface area (Å²) >= 11 is 0. The Hall–Kier alpha value is -2.10. The Morgan fingerprint density at radius 2 is 2.17 bits per heavy atom. The van der Waals surface area contributed by atoms with Crippen LogP contribution >= 0.6 is 0 Å². The van der Waals surface area contributed by atoms with E-state index in [-0.39, 0.29) is 6.09 Å². The van der Waals surface area contributed by atoms with Crippen LogP contribution in [0, 0.1) is 5.92 Å². The van der Waals surface area contributed by atoms with Gasteiger partial charge in [0.05, 0.1) is 0 Å². The van der Waals surface area contributed by atoms with Crippen LogP contribution < -0.4 is 0 Å². The van der Waals surface area contributed by atoms with Crippen molar-refractivity contribution in [3.63, 3.8) is 0 Å². The van der Waals surface area contributed by atoms with Gasteiger partial charge in [-0.3, -0.25) is 4.98 Å². The number of nitrogens with zero attached hydrogens (tertiary/aromatic N) is 2. The fourth-order valence-corrected chi connectivity index (χ4v) is 3.17. The number of aromatic nitrogens is 1. The summed E-state index contributed by atoms with van der Waals surface area (Å²) in [6.07, 6.45) is 5.57. The minimum absolute atomic E-state index is 0.192. The van der Waals surface area contributed by atoms with Gasteiger partial charge in [0.2, 0.25) is 0 Å². The van der Waals surface area contributed by atoms with Crippen LogP contribution in [0.25, 0.3) is 10.8 Å². The zero-order chi connectivity index (χ0) is 16.4. The summed E-state index contributed by atoms with van der Waals surface area (Å²) in [5.41, 5.74) is 0.901. The number of rotatable bonds is 2. The van der Waals surface area contributed by atoms with Crippen molar-refractivity contribution in [3.05, 3.63) is 42.2 Å². The van der Waals surface area contributed by atoms with E-state index >= 15 is 0 Å². The van der Waals surface area contributed by atoms with E-state index in [1.54, 1.807) is 0 Å². The predicted molar refractivity (Wildman–Crippen MR) is 91.4 cm³/mol. The molecule has 2 aromatic rings. The lowest BCUT2D eigenvalue weighted by Crippen LogP contribution is -2.35. The maximum atomic E-state index is 12.2. The van der Waals surface area contributed by atoms with Crippen molar-refractivity contribution in [2.24, 2.45) is 5.92 Å². The fraction of sp³-hybridized carbons (Fsp3) is 0.474. The molecule has 3 rings (SSSR count). The Morgan fingerprint density at radius 3 is 2.96 bits per heavy atom. The molecule has 1 saturated heterocycles. The number of carbonyl (C=O) groups excluding carboxylic acids is 1. The minimum atomic E-state index is -0.433. The molecule has 1 aromatic heterocycles. The number of ether oxygens (including phenoxy) is 1. The lowest BCUT2D eigenvalue weighted by molar-refractivity contribution is 0.0288. The molecule has 4 nitrogen and oxygen atoms in total. The van der Waals surface area contributed by atoms with E-state index in [1.165, 1.54) is 16.3 Å². The van der Waals surface area contributed by atoms with Crippen molar-refractivity contribution in [3.8, 4) is 0 Å². The second-order valence-corrected chi connectivity index (χ2v) is 7.30. The molecule has 23 heavy (non-hydrogen) atoms. The van der Waals surface area contributed by atoms with Crippen LogP contribution in [0.5, 0.6) is 0 Å². The Kier molecular flexibility index (Phi) is 4.24. The van der Waals surface area contributed by atoms with Gasteiger partial charge in [-0.25, -0.2) is 4.79 Å². The summed E-state index contributed by atoms with van der Waals surface area (Å²) in [4.78, 5) is 18.2. The van der Waals surface area contributed by atoms with Crippen molar-refractivity contribution in [2.75, 3.05) is 13.1 Å². The molecular weight excluding hydrogens is 288 g/mol. The number of amides is 1. The third kappa shape index (κ3) is 3.81. The first-order chi connectivity index (χ1) is 10.9. The second kappa shape index (κ2) is 6.19.